The zero-order valence-electron chi connectivity index (χ0n) is 24.4. The predicted octanol–water partition coefficient (Wildman–Crippen LogP) is 6.85. The molecule has 1 amide bonds. The van der Waals surface area contributed by atoms with Crippen LogP contribution in [-0.2, 0) is 11.0 Å². The molecular formula is C29H34F2N4O5SSi. The first kappa shape index (κ1) is 29.9. The molecule has 0 saturated carbocycles. The average Bonchev–Trinajstić information content (AvgIpc) is 3.55. The van der Waals surface area contributed by atoms with Gasteiger partial charge in [0.25, 0.3) is 5.56 Å². The summed E-state index contributed by atoms with van der Waals surface area (Å²) in [5.41, 5.74) is 1.13. The minimum atomic E-state index is -2.07. The fraction of sp³-hybridized carbons (Fsp3) is 0.414. The Bertz CT molecular complexity index is 1730. The molecule has 13 heteroatoms. The number of rotatable bonds is 7. The van der Waals surface area contributed by atoms with E-state index < -0.39 is 32.1 Å². The van der Waals surface area contributed by atoms with Crippen LogP contribution >= 0.6 is 11.3 Å². The molecule has 1 atom stereocenters. The quantitative estimate of drug-likeness (QED) is 0.174. The third-order valence-corrected chi connectivity index (χ3v) is 13.7. The van der Waals surface area contributed by atoms with E-state index in [-0.39, 0.29) is 47.4 Å². The second-order valence-electron chi connectivity index (χ2n) is 11.9. The molecule has 0 bridgehead atoms. The highest BCUT2D eigenvalue weighted by Crippen LogP contribution is 2.44. The molecule has 2 N–H and O–H groups in total. The number of hydrogen-bond acceptors (Lipinski definition) is 6. The summed E-state index contributed by atoms with van der Waals surface area (Å²) in [5.74, 6) is -1.68. The van der Waals surface area contributed by atoms with Gasteiger partial charge in [-0.3, -0.25) is 14.4 Å². The Morgan fingerprint density at radius 1 is 1.19 bits per heavy atom. The van der Waals surface area contributed by atoms with Crippen LogP contribution in [0.2, 0.25) is 18.1 Å². The van der Waals surface area contributed by atoms with E-state index in [4.69, 9.17) is 9.16 Å². The number of H-pyrrole nitrogens is 1. The van der Waals surface area contributed by atoms with Gasteiger partial charge in [-0.1, -0.05) is 20.8 Å². The standard InChI is InChI=1S/C29H34F2N4O5SSi/c1-16-21-15-20(33-35(21)9-8-34(16)28(37)38)25-24(26-18(7-12-41-26)27(36)32-25)23-19(31)13-17(30)14-22(23)39-10-11-40-42(5,6)29(2,3)4/h7,12-16H,8-11H2,1-6H3,(H,32,36)(H,37,38)/t16-/m0/s1. The van der Waals surface area contributed by atoms with Crippen LogP contribution in [0, 0.1) is 11.6 Å². The van der Waals surface area contributed by atoms with Crippen LogP contribution in [0.4, 0.5) is 13.6 Å². The zero-order valence-corrected chi connectivity index (χ0v) is 26.2. The number of amides is 1. The molecule has 5 rings (SSSR count). The van der Waals surface area contributed by atoms with Crippen molar-refractivity contribution in [1.29, 1.82) is 0 Å². The number of carboxylic acid groups (broad SMARTS) is 1. The van der Waals surface area contributed by atoms with Gasteiger partial charge in [-0.05, 0) is 42.6 Å². The SMILES string of the molecule is C[C@H]1c2cc(-c3[nH]c(=O)c4ccsc4c3-c3c(F)cc(F)cc3OCCO[Si](C)(C)C(C)(C)C)nn2CCN1C(=O)O. The van der Waals surface area contributed by atoms with Crippen molar-refractivity contribution in [3.8, 4) is 28.3 Å². The summed E-state index contributed by atoms with van der Waals surface area (Å²) >= 11 is 1.25. The Morgan fingerprint density at radius 3 is 2.62 bits per heavy atom. The summed E-state index contributed by atoms with van der Waals surface area (Å²) < 4.78 is 44.7. The third-order valence-electron chi connectivity index (χ3n) is 8.27. The van der Waals surface area contributed by atoms with E-state index in [9.17, 15) is 19.1 Å². The highest BCUT2D eigenvalue weighted by Gasteiger charge is 2.37. The lowest BCUT2D eigenvalue weighted by molar-refractivity contribution is 0.113. The first-order chi connectivity index (χ1) is 19.7. The maximum Gasteiger partial charge on any atom is 0.407 e. The van der Waals surface area contributed by atoms with Crippen molar-refractivity contribution in [2.75, 3.05) is 19.8 Å². The van der Waals surface area contributed by atoms with Crippen LogP contribution in [0.25, 0.3) is 32.6 Å². The van der Waals surface area contributed by atoms with Crippen molar-refractivity contribution in [2.24, 2.45) is 0 Å². The van der Waals surface area contributed by atoms with Gasteiger partial charge >= 0.3 is 6.09 Å². The van der Waals surface area contributed by atoms with Gasteiger partial charge < -0.3 is 19.3 Å². The topological polar surface area (TPSA) is 110 Å². The van der Waals surface area contributed by atoms with E-state index in [0.29, 0.717) is 33.6 Å². The Balaban J connectivity index is 1.61. The fourth-order valence-corrected chi connectivity index (χ4v) is 6.90. The number of thiophene rings is 1. The van der Waals surface area contributed by atoms with Crippen LogP contribution < -0.4 is 10.3 Å². The van der Waals surface area contributed by atoms with Crippen molar-refractivity contribution in [1.82, 2.24) is 19.7 Å². The van der Waals surface area contributed by atoms with Gasteiger partial charge in [0.2, 0.25) is 0 Å². The molecule has 0 unspecified atom stereocenters. The van der Waals surface area contributed by atoms with Gasteiger partial charge in [0.1, 0.15) is 29.7 Å². The number of hydrogen-bond donors (Lipinski definition) is 2. The second kappa shape index (κ2) is 10.9. The highest BCUT2D eigenvalue weighted by molar-refractivity contribution is 7.17. The number of aromatic amines is 1. The van der Waals surface area contributed by atoms with Crippen molar-refractivity contribution in [2.45, 2.75) is 58.4 Å². The molecule has 42 heavy (non-hydrogen) atoms. The Kier molecular flexibility index (Phi) is 7.79. The minimum Gasteiger partial charge on any atom is -0.490 e. The van der Waals surface area contributed by atoms with E-state index in [1.807, 2.05) is 0 Å². The molecule has 0 saturated heterocycles. The van der Waals surface area contributed by atoms with Crippen LogP contribution in [0.3, 0.4) is 0 Å². The number of nitrogens with one attached hydrogen (secondary N) is 1. The summed E-state index contributed by atoms with van der Waals surface area (Å²) in [7, 11) is -2.07. The second-order valence-corrected chi connectivity index (χ2v) is 17.6. The lowest BCUT2D eigenvalue weighted by Gasteiger charge is -2.36. The zero-order chi connectivity index (χ0) is 30.6. The molecule has 0 spiro atoms. The number of aromatic nitrogens is 3. The van der Waals surface area contributed by atoms with E-state index >= 15 is 4.39 Å². The molecule has 4 heterocycles. The van der Waals surface area contributed by atoms with Gasteiger partial charge in [0, 0.05) is 24.2 Å². The predicted molar refractivity (Wildman–Crippen MR) is 161 cm³/mol. The van der Waals surface area contributed by atoms with Gasteiger partial charge in [-0.2, -0.15) is 5.10 Å². The summed E-state index contributed by atoms with van der Waals surface area (Å²) in [6.07, 6.45) is -1.04. The summed E-state index contributed by atoms with van der Waals surface area (Å²) in [6, 6.07) is 4.77. The minimum absolute atomic E-state index is 0.00592. The lowest BCUT2D eigenvalue weighted by Crippen LogP contribution is -2.41. The Hall–Kier alpha value is -3.55. The number of ether oxygens (including phenoxy) is 1. The molecule has 1 aliphatic heterocycles. The molecule has 224 valence electrons. The average molecular weight is 617 g/mol. The number of halogens is 2. The molecule has 0 fully saturated rings. The van der Waals surface area contributed by atoms with Crippen molar-refractivity contribution >= 4 is 35.8 Å². The lowest BCUT2D eigenvalue weighted by atomic mass is 9.98. The normalized spacial score (nSPS) is 15.7. The van der Waals surface area contributed by atoms with Gasteiger partial charge in [-0.15, -0.1) is 11.3 Å². The van der Waals surface area contributed by atoms with E-state index in [1.54, 1.807) is 29.1 Å². The molecule has 1 aliphatic rings. The van der Waals surface area contributed by atoms with Crippen molar-refractivity contribution in [3.05, 3.63) is 57.3 Å². The number of pyridine rings is 1. The van der Waals surface area contributed by atoms with Crippen LogP contribution in [-0.4, -0.2) is 58.9 Å². The first-order valence-electron chi connectivity index (χ1n) is 13.7. The largest absolute Gasteiger partial charge is 0.490 e. The monoisotopic (exact) mass is 616 g/mol. The molecule has 3 aromatic heterocycles. The van der Waals surface area contributed by atoms with E-state index in [0.717, 1.165) is 12.1 Å². The molecular weight excluding hydrogens is 582 g/mol. The Morgan fingerprint density at radius 2 is 1.93 bits per heavy atom. The van der Waals surface area contributed by atoms with E-state index in [2.05, 4.69) is 43.9 Å². The summed E-state index contributed by atoms with van der Waals surface area (Å²) in [4.78, 5) is 29.0. The summed E-state index contributed by atoms with van der Waals surface area (Å²) in [5, 5.41) is 16.3. The molecule has 4 aromatic rings. The van der Waals surface area contributed by atoms with Crippen LogP contribution in [0.5, 0.6) is 5.75 Å². The maximum absolute atomic E-state index is 15.8. The molecule has 0 radical (unpaired) electrons. The van der Waals surface area contributed by atoms with Crippen LogP contribution in [0.15, 0.2) is 34.4 Å². The maximum atomic E-state index is 15.8. The van der Waals surface area contributed by atoms with Crippen molar-refractivity contribution in [3.63, 3.8) is 0 Å². The van der Waals surface area contributed by atoms with Crippen molar-refractivity contribution < 1.29 is 27.8 Å². The Labute approximate surface area is 246 Å². The first-order valence-corrected chi connectivity index (χ1v) is 17.5. The van der Waals surface area contributed by atoms with Gasteiger partial charge in [0.05, 0.1) is 46.2 Å². The van der Waals surface area contributed by atoms with Crippen LogP contribution in [0.1, 0.15) is 39.4 Å². The molecule has 1 aromatic carbocycles. The molecule has 9 nitrogen and oxygen atoms in total. The number of nitrogens with zero attached hydrogens (tertiary/aromatic N) is 3. The summed E-state index contributed by atoms with van der Waals surface area (Å²) in [6.45, 7) is 13.2. The van der Waals surface area contributed by atoms with Gasteiger partial charge in [-0.25, -0.2) is 13.6 Å². The number of benzene rings is 1. The fourth-order valence-electron chi connectivity index (χ4n) is 4.93. The number of fused-ring (bicyclic) bond motifs is 2. The smallest absolute Gasteiger partial charge is 0.407 e. The number of carbonyl (C=O) groups is 1. The highest BCUT2D eigenvalue weighted by atomic mass is 32.1. The molecule has 0 aliphatic carbocycles. The van der Waals surface area contributed by atoms with E-state index in [1.165, 1.54) is 16.2 Å². The van der Waals surface area contributed by atoms with Gasteiger partial charge in [0.15, 0.2) is 8.32 Å². The third kappa shape index (κ3) is 5.36.